The van der Waals surface area contributed by atoms with Crippen molar-refractivity contribution in [1.29, 1.82) is 0 Å². The molecule has 0 saturated carbocycles. The third kappa shape index (κ3) is 2.97. The van der Waals surface area contributed by atoms with Crippen LogP contribution in [0.5, 0.6) is 5.75 Å². The molecule has 0 atom stereocenters. The lowest BCUT2D eigenvalue weighted by Crippen LogP contribution is -1.96. The Bertz CT molecular complexity index is 476. The van der Waals surface area contributed by atoms with E-state index >= 15 is 0 Å². The molecule has 0 aliphatic rings. The summed E-state index contributed by atoms with van der Waals surface area (Å²) in [4.78, 5) is 4.05. The van der Waals surface area contributed by atoms with E-state index in [9.17, 15) is 0 Å². The van der Waals surface area contributed by atoms with Crippen LogP contribution in [-0.4, -0.2) is 4.98 Å². The molecule has 1 heterocycles. The monoisotopic (exact) mass is 297 g/mol. The molecule has 4 heteroatoms. The van der Waals surface area contributed by atoms with Gasteiger partial charge in [0.25, 0.3) is 0 Å². The number of nitrogens with zero attached hydrogens (tertiary/aromatic N) is 1. The van der Waals surface area contributed by atoms with Gasteiger partial charge >= 0.3 is 0 Å². The number of hydrogen-bond donors (Lipinski definition) is 0. The molecule has 0 fully saturated rings. The first-order valence-corrected chi connectivity index (χ1v) is 5.90. The molecular formula is C12H9BrClNO. The van der Waals surface area contributed by atoms with Crippen molar-refractivity contribution in [3.8, 4) is 5.75 Å². The maximum atomic E-state index is 5.84. The summed E-state index contributed by atoms with van der Waals surface area (Å²) in [5, 5.41) is 0.561. The van der Waals surface area contributed by atoms with E-state index in [0.717, 1.165) is 5.56 Å². The first-order valence-electron chi connectivity index (χ1n) is 4.73. The number of halogens is 2. The van der Waals surface area contributed by atoms with Crippen LogP contribution in [0, 0.1) is 0 Å². The summed E-state index contributed by atoms with van der Waals surface area (Å²) < 4.78 is 6.27. The van der Waals surface area contributed by atoms with Gasteiger partial charge in [0.15, 0.2) is 5.75 Å². The van der Waals surface area contributed by atoms with Gasteiger partial charge in [-0.2, -0.15) is 0 Å². The zero-order chi connectivity index (χ0) is 11.4. The lowest BCUT2D eigenvalue weighted by atomic mass is 10.2. The van der Waals surface area contributed by atoms with Gasteiger partial charge in [-0.1, -0.05) is 41.9 Å². The highest BCUT2D eigenvalue weighted by molar-refractivity contribution is 9.10. The van der Waals surface area contributed by atoms with E-state index in [1.54, 1.807) is 12.3 Å². The van der Waals surface area contributed by atoms with Crippen LogP contribution in [0.25, 0.3) is 0 Å². The molecule has 0 N–H and O–H groups in total. The zero-order valence-electron chi connectivity index (χ0n) is 8.36. The summed E-state index contributed by atoms with van der Waals surface area (Å²) in [6.45, 7) is 0.501. The van der Waals surface area contributed by atoms with Crippen LogP contribution in [0.1, 0.15) is 5.56 Å². The van der Waals surface area contributed by atoms with Gasteiger partial charge in [-0.25, -0.2) is 4.98 Å². The number of rotatable bonds is 3. The van der Waals surface area contributed by atoms with Gasteiger partial charge in [-0.15, -0.1) is 0 Å². The third-order valence-electron chi connectivity index (χ3n) is 2.01. The molecule has 82 valence electrons. The van der Waals surface area contributed by atoms with Crippen molar-refractivity contribution in [3.05, 3.63) is 57.8 Å². The molecule has 0 saturated heterocycles. The number of benzene rings is 1. The van der Waals surface area contributed by atoms with Crippen molar-refractivity contribution in [2.75, 3.05) is 0 Å². The first kappa shape index (κ1) is 11.4. The van der Waals surface area contributed by atoms with E-state index < -0.39 is 0 Å². The summed E-state index contributed by atoms with van der Waals surface area (Å²) in [6, 6.07) is 11.7. The molecule has 1 aromatic heterocycles. The Morgan fingerprint density at radius 3 is 2.75 bits per heavy atom. The Hall–Kier alpha value is -1.06. The Morgan fingerprint density at radius 1 is 1.25 bits per heavy atom. The Balaban J connectivity index is 2.08. The highest BCUT2D eigenvalue weighted by Gasteiger charge is 2.03. The van der Waals surface area contributed by atoms with Gasteiger partial charge in [0.1, 0.15) is 11.2 Å². The molecule has 0 amide bonds. The summed E-state index contributed by atoms with van der Waals surface area (Å²) in [5.41, 5.74) is 1.11. The van der Waals surface area contributed by atoms with Crippen molar-refractivity contribution in [3.63, 3.8) is 0 Å². The second-order valence-corrected chi connectivity index (χ2v) is 4.40. The minimum atomic E-state index is 0.501. The Morgan fingerprint density at radius 2 is 2.00 bits per heavy atom. The minimum absolute atomic E-state index is 0.501. The maximum Gasteiger partial charge on any atom is 0.154 e. The third-order valence-corrected chi connectivity index (χ3v) is 2.81. The Labute approximate surface area is 107 Å². The van der Waals surface area contributed by atoms with E-state index in [-0.39, 0.29) is 0 Å². The van der Waals surface area contributed by atoms with E-state index in [4.69, 9.17) is 16.3 Å². The standard InChI is InChI=1S/C12H9BrClNO/c13-12-11(6-10(14)7-15-12)16-8-9-4-2-1-3-5-9/h1-7H,8H2. The second kappa shape index (κ2) is 5.32. The molecule has 2 rings (SSSR count). The molecule has 0 spiro atoms. The van der Waals surface area contributed by atoms with Crippen LogP contribution in [0.3, 0.4) is 0 Å². The summed E-state index contributed by atoms with van der Waals surface area (Å²) >= 11 is 9.14. The molecule has 0 aliphatic heterocycles. The van der Waals surface area contributed by atoms with Crippen molar-refractivity contribution >= 4 is 27.5 Å². The van der Waals surface area contributed by atoms with E-state index in [0.29, 0.717) is 22.0 Å². The van der Waals surface area contributed by atoms with Crippen LogP contribution < -0.4 is 4.74 Å². The van der Waals surface area contributed by atoms with Crippen molar-refractivity contribution in [1.82, 2.24) is 4.98 Å². The van der Waals surface area contributed by atoms with Gasteiger partial charge in [-0.3, -0.25) is 0 Å². The SMILES string of the molecule is Clc1cnc(Br)c(OCc2ccccc2)c1. The zero-order valence-corrected chi connectivity index (χ0v) is 10.7. The quantitative estimate of drug-likeness (QED) is 0.797. The lowest BCUT2D eigenvalue weighted by Gasteiger charge is -2.07. The van der Waals surface area contributed by atoms with Crippen molar-refractivity contribution < 1.29 is 4.74 Å². The fourth-order valence-corrected chi connectivity index (χ4v) is 1.72. The molecule has 2 nitrogen and oxygen atoms in total. The average molecular weight is 299 g/mol. The largest absolute Gasteiger partial charge is 0.486 e. The molecule has 16 heavy (non-hydrogen) atoms. The van der Waals surface area contributed by atoms with Crippen LogP contribution in [0.4, 0.5) is 0 Å². The number of pyridine rings is 1. The fourth-order valence-electron chi connectivity index (χ4n) is 1.24. The minimum Gasteiger partial charge on any atom is -0.486 e. The van der Waals surface area contributed by atoms with Crippen LogP contribution in [0.15, 0.2) is 47.2 Å². The van der Waals surface area contributed by atoms with Crippen molar-refractivity contribution in [2.45, 2.75) is 6.61 Å². The molecular weight excluding hydrogens is 289 g/mol. The molecule has 0 unspecified atom stereocenters. The van der Waals surface area contributed by atoms with Crippen LogP contribution >= 0.6 is 27.5 Å². The lowest BCUT2D eigenvalue weighted by molar-refractivity contribution is 0.303. The molecule has 1 aromatic carbocycles. The fraction of sp³-hybridized carbons (Fsp3) is 0.0833. The molecule has 0 aliphatic carbocycles. The van der Waals surface area contributed by atoms with Crippen molar-refractivity contribution in [2.24, 2.45) is 0 Å². The van der Waals surface area contributed by atoms with E-state index in [1.807, 2.05) is 30.3 Å². The van der Waals surface area contributed by atoms with Gasteiger partial charge in [0.05, 0.1) is 5.02 Å². The smallest absolute Gasteiger partial charge is 0.154 e. The summed E-state index contributed by atoms with van der Waals surface area (Å²) in [5.74, 6) is 0.649. The second-order valence-electron chi connectivity index (χ2n) is 3.22. The van der Waals surface area contributed by atoms with Gasteiger partial charge in [0, 0.05) is 12.3 Å². The molecule has 0 bridgehead atoms. The highest BCUT2D eigenvalue weighted by atomic mass is 79.9. The topological polar surface area (TPSA) is 22.1 Å². The van der Waals surface area contributed by atoms with Crippen LogP contribution in [0.2, 0.25) is 5.02 Å². The molecule has 2 aromatic rings. The normalized spacial score (nSPS) is 10.1. The summed E-state index contributed by atoms with van der Waals surface area (Å²) in [6.07, 6.45) is 1.57. The van der Waals surface area contributed by atoms with Gasteiger partial charge < -0.3 is 4.74 Å². The molecule has 0 radical (unpaired) electrons. The van der Waals surface area contributed by atoms with E-state index in [1.165, 1.54) is 0 Å². The Kier molecular flexibility index (Phi) is 3.80. The first-order chi connectivity index (χ1) is 7.75. The highest BCUT2D eigenvalue weighted by Crippen LogP contribution is 2.26. The van der Waals surface area contributed by atoms with Crippen LogP contribution in [-0.2, 0) is 6.61 Å². The average Bonchev–Trinajstić information content (AvgIpc) is 2.32. The number of ether oxygens (including phenoxy) is 1. The number of hydrogen-bond acceptors (Lipinski definition) is 2. The predicted octanol–water partition coefficient (Wildman–Crippen LogP) is 4.08. The van der Waals surface area contributed by atoms with E-state index in [2.05, 4.69) is 20.9 Å². The maximum absolute atomic E-state index is 5.84. The van der Waals surface area contributed by atoms with Gasteiger partial charge in [-0.05, 0) is 21.5 Å². The van der Waals surface area contributed by atoms with Gasteiger partial charge in [0.2, 0.25) is 0 Å². The predicted molar refractivity (Wildman–Crippen MR) is 67.7 cm³/mol. The number of aromatic nitrogens is 1. The summed E-state index contributed by atoms with van der Waals surface area (Å²) in [7, 11) is 0.